The smallest absolute Gasteiger partial charge is 0.512 e. The Balaban J connectivity index is 0.00000121. The summed E-state index contributed by atoms with van der Waals surface area (Å²) in [7, 11) is -1.79. The zero-order valence-electron chi connectivity index (χ0n) is 6.27. The zero-order valence-corrected chi connectivity index (χ0v) is 6.27. The third kappa shape index (κ3) is 3.24. The highest BCUT2D eigenvalue weighted by Gasteiger charge is 2.10. The standard InChI is InChI=1S/C6H8BNO3.H2O/c8-5-2-1-3-6(4-5)11-7(9)10;/h1-4,9-10H,8H2;1H2. The van der Waals surface area contributed by atoms with Crippen LogP contribution in [-0.2, 0) is 0 Å². The van der Waals surface area contributed by atoms with Crippen molar-refractivity contribution in [1.29, 1.82) is 0 Å². The molecule has 0 unspecified atom stereocenters. The minimum atomic E-state index is -1.79. The van der Waals surface area contributed by atoms with Crippen LogP contribution in [0.2, 0.25) is 0 Å². The van der Waals surface area contributed by atoms with Crippen molar-refractivity contribution in [2.75, 3.05) is 5.73 Å². The van der Waals surface area contributed by atoms with Gasteiger partial charge in [-0.3, -0.25) is 0 Å². The van der Waals surface area contributed by atoms with Crippen molar-refractivity contribution in [3.8, 4) is 5.75 Å². The Hall–Kier alpha value is -1.24. The van der Waals surface area contributed by atoms with E-state index < -0.39 is 7.32 Å². The molecule has 0 fully saturated rings. The van der Waals surface area contributed by atoms with Crippen LogP contribution in [0, 0.1) is 0 Å². The van der Waals surface area contributed by atoms with Gasteiger partial charge in [-0.25, -0.2) is 0 Å². The van der Waals surface area contributed by atoms with Gasteiger partial charge >= 0.3 is 7.32 Å². The van der Waals surface area contributed by atoms with Crippen LogP contribution in [0.5, 0.6) is 5.75 Å². The number of anilines is 1. The lowest BCUT2D eigenvalue weighted by molar-refractivity contribution is 0.288. The molecule has 1 aromatic carbocycles. The molecule has 0 saturated carbocycles. The first-order chi connectivity index (χ1) is 5.18. The summed E-state index contributed by atoms with van der Waals surface area (Å²) < 4.78 is 4.53. The van der Waals surface area contributed by atoms with Gasteiger partial charge in [0.25, 0.3) is 0 Å². The normalized spacial score (nSPS) is 8.50. The van der Waals surface area contributed by atoms with Gasteiger partial charge in [0.15, 0.2) is 0 Å². The van der Waals surface area contributed by atoms with Crippen molar-refractivity contribution in [2.24, 2.45) is 0 Å². The first-order valence-corrected chi connectivity index (χ1v) is 3.07. The van der Waals surface area contributed by atoms with E-state index in [2.05, 4.69) is 4.65 Å². The van der Waals surface area contributed by atoms with E-state index in [-0.39, 0.29) is 5.48 Å². The molecule has 12 heavy (non-hydrogen) atoms. The number of nitrogens with two attached hydrogens (primary N) is 1. The Kier molecular flexibility index (Phi) is 4.13. The van der Waals surface area contributed by atoms with E-state index in [1.807, 2.05) is 0 Å². The Morgan fingerprint density at radius 1 is 1.33 bits per heavy atom. The predicted octanol–water partition coefficient (Wildman–Crippen LogP) is -1.21. The quantitative estimate of drug-likeness (QED) is 0.383. The molecule has 6 N–H and O–H groups in total. The zero-order chi connectivity index (χ0) is 8.27. The highest BCUT2D eigenvalue weighted by atomic mass is 16.6. The first kappa shape index (κ1) is 10.8. The molecule has 0 heterocycles. The molecule has 0 aromatic heterocycles. The van der Waals surface area contributed by atoms with Gasteiger partial charge in [0.2, 0.25) is 0 Å². The summed E-state index contributed by atoms with van der Waals surface area (Å²) in [6.45, 7) is 0. The van der Waals surface area contributed by atoms with Crippen LogP contribution in [-0.4, -0.2) is 22.8 Å². The number of hydrogen-bond acceptors (Lipinski definition) is 4. The molecular weight excluding hydrogens is 161 g/mol. The van der Waals surface area contributed by atoms with Gasteiger partial charge in [-0.1, -0.05) is 6.07 Å². The van der Waals surface area contributed by atoms with Gasteiger partial charge in [-0.05, 0) is 12.1 Å². The van der Waals surface area contributed by atoms with Gasteiger partial charge in [-0.15, -0.1) is 0 Å². The lowest BCUT2D eigenvalue weighted by atomic mass is 10.2. The Morgan fingerprint density at radius 3 is 2.50 bits per heavy atom. The van der Waals surface area contributed by atoms with Crippen LogP contribution in [0.3, 0.4) is 0 Å². The van der Waals surface area contributed by atoms with Gasteiger partial charge in [-0.2, -0.15) is 0 Å². The Labute approximate surface area is 69.9 Å². The second kappa shape index (κ2) is 4.60. The van der Waals surface area contributed by atoms with Gasteiger partial charge in [0, 0.05) is 11.8 Å². The van der Waals surface area contributed by atoms with Gasteiger partial charge in [0.05, 0.1) is 0 Å². The molecule has 0 aliphatic carbocycles. The first-order valence-electron chi connectivity index (χ1n) is 3.07. The molecular formula is C6H10BNO4. The highest BCUT2D eigenvalue weighted by molar-refractivity contribution is 6.33. The van der Waals surface area contributed by atoms with Crippen LogP contribution in [0.1, 0.15) is 0 Å². The molecule has 0 aliphatic rings. The summed E-state index contributed by atoms with van der Waals surface area (Å²) >= 11 is 0. The van der Waals surface area contributed by atoms with Crippen molar-refractivity contribution < 1.29 is 20.2 Å². The molecule has 66 valence electrons. The lowest BCUT2D eigenvalue weighted by Gasteiger charge is -2.03. The summed E-state index contributed by atoms with van der Waals surface area (Å²) in [5.74, 6) is 0.333. The third-order valence-electron chi connectivity index (χ3n) is 1.10. The monoisotopic (exact) mass is 171 g/mol. The third-order valence-corrected chi connectivity index (χ3v) is 1.10. The average molecular weight is 171 g/mol. The topological polar surface area (TPSA) is 107 Å². The lowest BCUT2D eigenvalue weighted by Crippen LogP contribution is -2.20. The minimum absolute atomic E-state index is 0. The van der Waals surface area contributed by atoms with E-state index in [0.29, 0.717) is 11.4 Å². The van der Waals surface area contributed by atoms with Crippen LogP contribution in [0.4, 0.5) is 5.69 Å². The number of hydrogen-bond donors (Lipinski definition) is 3. The maximum Gasteiger partial charge on any atom is 0.707 e. The molecule has 0 radical (unpaired) electrons. The summed E-state index contributed by atoms with van der Waals surface area (Å²) in [5.41, 5.74) is 5.91. The highest BCUT2D eigenvalue weighted by Crippen LogP contribution is 2.14. The van der Waals surface area contributed by atoms with Crippen molar-refractivity contribution in [2.45, 2.75) is 0 Å². The fraction of sp³-hybridized carbons (Fsp3) is 0. The van der Waals surface area contributed by atoms with Crippen LogP contribution in [0.15, 0.2) is 24.3 Å². The minimum Gasteiger partial charge on any atom is -0.512 e. The predicted molar refractivity (Wildman–Crippen MR) is 45.3 cm³/mol. The fourth-order valence-corrected chi connectivity index (χ4v) is 0.710. The van der Waals surface area contributed by atoms with Gasteiger partial charge in [0.1, 0.15) is 5.75 Å². The van der Waals surface area contributed by atoms with E-state index in [0.717, 1.165) is 0 Å². The average Bonchev–Trinajstić information content (AvgIpc) is 1.85. The van der Waals surface area contributed by atoms with Gasteiger partial charge < -0.3 is 25.9 Å². The number of rotatable bonds is 2. The number of benzene rings is 1. The Bertz CT molecular complexity index is 243. The second-order valence-corrected chi connectivity index (χ2v) is 2.02. The summed E-state index contributed by atoms with van der Waals surface area (Å²) in [5, 5.41) is 16.8. The van der Waals surface area contributed by atoms with Crippen LogP contribution >= 0.6 is 0 Å². The van der Waals surface area contributed by atoms with E-state index in [1.54, 1.807) is 18.2 Å². The van der Waals surface area contributed by atoms with Crippen molar-refractivity contribution in [3.05, 3.63) is 24.3 Å². The summed E-state index contributed by atoms with van der Waals surface area (Å²) in [6.07, 6.45) is 0. The van der Waals surface area contributed by atoms with Crippen LogP contribution in [0.25, 0.3) is 0 Å². The molecule has 0 spiro atoms. The molecule has 0 amide bonds. The van der Waals surface area contributed by atoms with E-state index in [4.69, 9.17) is 15.8 Å². The van der Waals surface area contributed by atoms with E-state index >= 15 is 0 Å². The molecule has 0 atom stereocenters. The van der Waals surface area contributed by atoms with Crippen molar-refractivity contribution >= 4 is 13.0 Å². The SMILES string of the molecule is Nc1cccc(OB(O)O)c1.O. The summed E-state index contributed by atoms with van der Waals surface area (Å²) in [4.78, 5) is 0. The number of nitrogen functional groups attached to an aromatic ring is 1. The molecule has 1 rings (SSSR count). The molecule has 5 nitrogen and oxygen atoms in total. The fourth-order valence-electron chi connectivity index (χ4n) is 0.710. The molecule has 0 aliphatic heterocycles. The molecule has 1 aromatic rings. The van der Waals surface area contributed by atoms with Crippen molar-refractivity contribution in [1.82, 2.24) is 0 Å². The molecule has 6 heteroatoms. The maximum atomic E-state index is 8.39. The van der Waals surface area contributed by atoms with Crippen molar-refractivity contribution in [3.63, 3.8) is 0 Å². The largest absolute Gasteiger partial charge is 0.707 e. The second-order valence-electron chi connectivity index (χ2n) is 2.02. The molecule has 0 saturated heterocycles. The maximum absolute atomic E-state index is 8.39. The molecule has 0 bridgehead atoms. The van der Waals surface area contributed by atoms with E-state index in [9.17, 15) is 0 Å². The Morgan fingerprint density at radius 2 is 2.00 bits per heavy atom. The summed E-state index contributed by atoms with van der Waals surface area (Å²) in [6, 6.07) is 6.42. The van der Waals surface area contributed by atoms with E-state index in [1.165, 1.54) is 6.07 Å². The van der Waals surface area contributed by atoms with Crippen LogP contribution < -0.4 is 10.4 Å².